The zero-order valence-electron chi connectivity index (χ0n) is 9.63. The highest BCUT2D eigenvalue weighted by Crippen LogP contribution is 2.29. The van der Waals surface area contributed by atoms with Crippen LogP contribution in [0.4, 0.5) is 0 Å². The molecular weight excluding hydrogens is 255 g/mol. The highest BCUT2D eigenvalue weighted by molar-refractivity contribution is 6.38. The zero-order valence-corrected chi connectivity index (χ0v) is 11.1. The number of rotatable bonds is 3. The van der Waals surface area contributed by atoms with E-state index >= 15 is 0 Å². The van der Waals surface area contributed by atoms with Gasteiger partial charge in [0, 0.05) is 16.1 Å². The van der Waals surface area contributed by atoms with Crippen molar-refractivity contribution in [2.75, 3.05) is 6.54 Å². The maximum atomic E-state index is 6.17. The Morgan fingerprint density at radius 2 is 2.00 bits per heavy atom. The van der Waals surface area contributed by atoms with Gasteiger partial charge in [-0.2, -0.15) is 0 Å². The monoisotopic (exact) mass is 268 g/mol. The van der Waals surface area contributed by atoms with E-state index in [2.05, 4.69) is 11.1 Å². The molecule has 1 aromatic carbocycles. The lowest BCUT2D eigenvalue weighted by Crippen LogP contribution is -2.01. The molecular formula is C13H14Cl2N2. The quantitative estimate of drug-likeness (QED) is 0.921. The van der Waals surface area contributed by atoms with E-state index in [4.69, 9.17) is 28.9 Å². The van der Waals surface area contributed by atoms with Crippen molar-refractivity contribution >= 4 is 34.1 Å². The number of pyridine rings is 1. The van der Waals surface area contributed by atoms with Gasteiger partial charge in [-0.05, 0) is 50.1 Å². The molecule has 0 atom stereocenters. The summed E-state index contributed by atoms with van der Waals surface area (Å²) in [6, 6.07) is 5.72. The van der Waals surface area contributed by atoms with Crippen LogP contribution < -0.4 is 5.73 Å². The van der Waals surface area contributed by atoms with Gasteiger partial charge < -0.3 is 5.73 Å². The molecule has 0 aliphatic carbocycles. The minimum atomic E-state index is 0.602. The molecule has 0 amide bonds. The molecule has 90 valence electrons. The van der Waals surface area contributed by atoms with Gasteiger partial charge in [0.05, 0.1) is 10.5 Å². The number of hydrogen-bond acceptors (Lipinski definition) is 2. The molecule has 0 spiro atoms. The van der Waals surface area contributed by atoms with E-state index in [1.54, 1.807) is 6.07 Å². The van der Waals surface area contributed by atoms with Crippen LogP contribution in [0.2, 0.25) is 10.0 Å². The van der Waals surface area contributed by atoms with Crippen molar-refractivity contribution in [3.05, 3.63) is 39.5 Å². The Labute approximate surface area is 111 Å². The third-order valence-electron chi connectivity index (χ3n) is 2.70. The van der Waals surface area contributed by atoms with Crippen molar-refractivity contribution in [1.29, 1.82) is 0 Å². The van der Waals surface area contributed by atoms with Crippen molar-refractivity contribution in [3.8, 4) is 0 Å². The Kier molecular flexibility index (Phi) is 3.87. The minimum Gasteiger partial charge on any atom is -0.330 e. The lowest BCUT2D eigenvalue weighted by Gasteiger charge is -2.09. The van der Waals surface area contributed by atoms with Crippen LogP contribution in [0.1, 0.15) is 17.7 Å². The van der Waals surface area contributed by atoms with Crippen molar-refractivity contribution in [3.63, 3.8) is 0 Å². The molecule has 1 aromatic heterocycles. The molecule has 2 rings (SSSR count). The zero-order chi connectivity index (χ0) is 12.4. The number of aromatic nitrogens is 1. The number of fused-ring (bicyclic) bond motifs is 1. The van der Waals surface area contributed by atoms with Gasteiger partial charge in [-0.1, -0.05) is 23.2 Å². The van der Waals surface area contributed by atoms with E-state index in [0.29, 0.717) is 16.6 Å². The summed E-state index contributed by atoms with van der Waals surface area (Å²) < 4.78 is 0. The minimum absolute atomic E-state index is 0.602. The van der Waals surface area contributed by atoms with E-state index < -0.39 is 0 Å². The summed E-state index contributed by atoms with van der Waals surface area (Å²) in [7, 11) is 0. The van der Waals surface area contributed by atoms with Crippen LogP contribution in [-0.4, -0.2) is 11.5 Å². The number of halogens is 2. The molecule has 4 heteroatoms. The van der Waals surface area contributed by atoms with Gasteiger partial charge >= 0.3 is 0 Å². The van der Waals surface area contributed by atoms with Crippen LogP contribution in [0.5, 0.6) is 0 Å². The first-order chi connectivity index (χ1) is 8.11. The SMILES string of the molecule is Cc1cc(CCCN)c2cc(Cl)cc(Cl)c2n1. The molecule has 0 radical (unpaired) electrons. The summed E-state index contributed by atoms with van der Waals surface area (Å²) in [6.45, 7) is 2.65. The highest BCUT2D eigenvalue weighted by Gasteiger charge is 2.08. The molecule has 1 heterocycles. The molecule has 0 fully saturated rings. The molecule has 0 bridgehead atoms. The van der Waals surface area contributed by atoms with Crippen molar-refractivity contribution in [2.45, 2.75) is 19.8 Å². The molecule has 0 aliphatic rings. The number of benzene rings is 1. The smallest absolute Gasteiger partial charge is 0.0895 e. The second-order valence-electron chi connectivity index (χ2n) is 4.10. The Morgan fingerprint density at radius 3 is 2.71 bits per heavy atom. The molecule has 0 unspecified atom stereocenters. The average molecular weight is 269 g/mol. The van der Waals surface area contributed by atoms with Gasteiger partial charge in [-0.3, -0.25) is 4.98 Å². The van der Waals surface area contributed by atoms with Gasteiger partial charge in [0.1, 0.15) is 0 Å². The van der Waals surface area contributed by atoms with E-state index in [1.807, 2.05) is 13.0 Å². The third-order valence-corrected chi connectivity index (χ3v) is 3.20. The first-order valence-corrected chi connectivity index (χ1v) is 6.32. The first-order valence-electron chi connectivity index (χ1n) is 5.57. The summed E-state index contributed by atoms with van der Waals surface area (Å²) in [5.41, 5.74) is 8.55. The molecule has 0 aliphatic heterocycles. The van der Waals surface area contributed by atoms with Gasteiger partial charge in [-0.15, -0.1) is 0 Å². The van der Waals surface area contributed by atoms with Crippen molar-refractivity contribution in [2.24, 2.45) is 5.73 Å². The average Bonchev–Trinajstić information content (AvgIpc) is 2.27. The van der Waals surface area contributed by atoms with Gasteiger partial charge in [0.2, 0.25) is 0 Å². The van der Waals surface area contributed by atoms with Crippen LogP contribution >= 0.6 is 23.2 Å². The topological polar surface area (TPSA) is 38.9 Å². The van der Waals surface area contributed by atoms with E-state index in [0.717, 1.165) is 29.4 Å². The summed E-state index contributed by atoms with van der Waals surface area (Å²) in [6.07, 6.45) is 1.87. The summed E-state index contributed by atoms with van der Waals surface area (Å²) in [5, 5.41) is 2.27. The van der Waals surface area contributed by atoms with E-state index in [-0.39, 0.29) is 0 Å². The molecule has 2 aromatic rings. The molecule has 0 saturated heterocycles. The molecule has 2 nitrogen and oxygen atoms in total. The standard InChI is InChI=1S/C13H14Cl2N2/c1-8-5-9(3-2-4-16)11-6-10(14)7-12(15)13(11)17-8/h5-7H,2-4,16H2,1H3. The molecule has 2 N–H and O–H groups in total. The Balaban J connectivity index is 2.64. The second-order valence-corrected chi connectivity index (χ2v) is 4.94. The molecule has 17 heavy (non-hydrogen) atoms. The number of nitrogens with two attached hydrogens (primary N) is 1. The fourth-order valence-corrected chi connectivity index (χ4v) is 2.50. The predicted octanol–water partition coefficient (Wildman–Crippen LogP) is 3.74. The van der Waals surface area contributed by atoms with E-state index in [9.17, 15) is 0 Å². The third kappa shape index (κ3) is 2.71. The van der Waals surface area contributed by atoms with Crippen molar-refractivity contribution < 1.29 is 0 Å². The largest absolute Gasteiger partial charge is 0.330 e. The lowest BCUT2D eigenvalue weighted by atomic mass is 10.0. The fourth-order valence-electron chi connectivity index (χ4n) is 1.96. The van der Waals surface area contributed by atoms with Crippen LogP contribution in [0.15, 0.2) is 18.2 Å². The van der Waals surface area contributed by atoms with Crippen LogP contribution in [-0.2, 0) is 6.42 Å². The number of hydrogen-bond donors (Lipinski definition) is 1. The number of nitrogens with zero attached hydrogens (tertiary/aromatic N) is 1. The van der Waals surface area contributed by atoms with E-state index in [1.165, 1.54) is 5.56 Å². The Morgan fingerprint density at radius 1 is 1.24 bits per heavy atom. The van der Waals surface area contributed by atoms with Crippen molar-refractivity contribution in [1.82, 2.24) is 4.98 Å². The normalized spacial score (nSPS) is 11.1. The maximum absolute atomic E-state index is 6.17. The first kappa shape index (κ1) is 12.6. The van der Waals surface area contributed by atoms with Crippen LogP contribution in [0, 0.1) is 6.92 Å². The van der Waals surface area contributed by atoms with Gasteiger partial charge in [0.15, 0.2) is 0 Å². The second kappa shape index (κ2) is 5.21. The summed E-state index contributed by atoms with van der Waals surface area (Å²) in [5.74, 6) is 0. The lowest BCUT2D eigenvalue weighted by molar-refractivity contribution is 0.835. The Hall–Kier alpha value is -0.830. The predicted molar refractivity (Wildman–Crippen MR) is 73.9 cm³/mol. The van der Waals surface area contributed by atoms with Gasteiger partial charge in [-0.25, -0.2) is 0 Å². The highest BCUT2D eigenvalue weighted by atomic mass is 35.5. The summed E-state index contributed by atoms with van der Waals surface area (Å²) in [4.78, 5) is 4.46. The van der Waals surface area contributed by atoms with Crippen LogP contribution in [0.25, 0.3) is 10.9 Å². The maximum Gasteiger partial charge on any atom is 0.0895 e. The Bertz CT molecular complexity index is 553. The number of aryl methyl sites for hydroxylation is 2. The molecule has 0 saturated carbocycles. The fraction of sp³-hybridized carbons (Fsp3) is 0.308. The summed E-state index contributed by atoms with van der Waals surface area (Å²) >= 11 is 12.2. The van der Waals surface area contributed by atoms with Gasteiger partial charge in [0.25, 0.3) is 0 Å². The van der Waals surface area contributed by atoms with Crippen LogP contribution in [0.3, 0.4) is 0 Å².